The topological polar surface area (TPSA) is 23.5 Å². The highest BCUT2D eigenvalue weighted by Gasteiger charge is 2.25. The third kappa shape index (κ3) is 3.32. The first kappa shape index (κ1) is 15.3. The molecule has 1 fully saturated rings. The van der Waals surface area contributed by atoms with Crippen molar-refractivity contribution in [1.82, 2.24) is 0 Å². The first-order valence-corrected chi connectivity index (χ1v) is 7.73. The van der Waals surface area contributed by atoms with Gasteiger partial charge in [0.15, 0.2) is 0 Å². The van der Waals surface area contributed by atoms with E-state index in [0.717, 1.165) is 11.6 Å². The molecule has 0 unspecified atom stereocenters. The van der Waals surface area contributed by atoms with Crippen LogP contribution in [0.25, 0.3) is 0 Å². The Kier molecular flexibility index (Phi) is 5.03. The molecule has 0 heterocycles. The van der Waals surface area contributed by atoms with Gasteiger partial charge in [-0.15, -0.1) is 0 Å². The predicted molar refractivity (Wildman–Crippen MR) is 81.5 cm³/mol. The number of nitrogens with zero attached hydrogens (tertiary/aromatic N) is 1. The van der Waals surface area contributed by atoms with Crippen LogP contribution in [0.5, 0.6) is 0 Å². The Morgan fingerprint density at radius 2 is 1.95 bits per heavy atom. The summed E-state index contributed by atoms with van der Waals surface area (Å²) in [6.07, 6.45) is 5.55. The van der Waals surface area contributed by atoms with E-state index < -0.39 is 6.10 Å². The SMILES string of the molecule is CCC1CCC(N(C)c2ccc(F)cc2[C@H](C)O)CC1. The fourth-order valence-corrected chi connectivity index (χ4v) is 3.32. The van der Waals surface area contributed by atoms with E-state index in [-0.39, 0.29) is 5.82 Å². The van der Waals surface area contributed by atoms with Crippen molar-refractivity contribution >= 4 is 5.69 Å². The van der Waals surface area contributed by atoms with Crippen LogP contribution >= 0.6 is 0 Å². The molecule has 1 saturated carbocycles. The number of benzene rings is 1. The van der Waals surface area contributed by atoms with Gasteiger partial charge >= 0.3 is 0 Å². The van der Waals surface area contributed by atoms with E-state index in [0.29, 0.717) is 11.6 Å². The van der Waals surface area contributed by atoms with Gasteiger partial charge in [0.05, 0.1) is 6.10 Å². The van der Waals surface area contributed by atoms with Gasteiger partial charge in [0.25, 0.3) is 0 Å². The summed E-state index contributed by atoms with van der Waals surface area (Å²) in [5.41, 5.74) is 1.64. The Balaban J connectivity index is 2.15. The smallest absolute Gasteiger partial charge is 0.123 e. The summed E-state index contributed by atoms with van der Waals surface area (Å²) < 4.78 is 13.4. The van der Waals surface area contributed by atoms with Crippen LogP contribution in [0.1, 0.15) is 57.6 Å². The average molecular weight is 279 g/mol. The summed E-state index contributed by atoms with van der Waals surface area (Å²) in [6.45, 7) is 3.96. The maximum Gasteiger partial charge on any atom is 0.123 e. The summed E-state index contributed by atoms with van der Waals surface area (Å²) in [6, 6.07) is 5.23. The normalized spacial score (nSPS) is 24.4. The van der Waals surface area contributed by atoms with Crippen LogP contribution in [0.15, 0.2) is 18.2 Å². The molecule has 20 heavy (non-hydrogen) atoms. The molecule has 2 nitrogen and oxygen atoms in total. The Morgan fingerprint density at radius 1 is 1.30 bits per heavy atom. The van der Waals surface area contributed by atoms with Crippen molar-refractivity contribution in [3.05, 3.63) is 29.6 Å². The minimum atomic E-state index is -0.643. The van der Waals surface area contributed by atoms with Crippen LogP contribution in [0.2, 0.25) is 0 Å². The van der Waals surface area contributed by atoms with Gasteiger partial charge in [0.1, 0.15) is 5.82 Å². The highest BCUT2D eigenvalue weighted by Crippen LogP contribution is 2.34. The molecule has 1 N–H and O–H groups in total. The van der Waals surface area contributed by atoms with Crippen molar-refractivity contribution in [2.24, 2.45) is 5.92 Å². The maximum atomic E-state index is 13.4. The fraction of sp³-hybridized carbons (Fsp3) is 0.647. The second-order valence-corrected chi connectivity index (χ2v) is 6.07. The lowest BCUT2D eigenvalue weighted by atomic mass is 9.84. The summed E-state index contributed by atoms with van der Waals surface area (Å²) in [5, 5.41) is 9.86. The van der Waals surface area contributed by atoms with E-state index in [9.17, 15) is 9.50 Å². The number of aliphatic hydroxyl groups excluding tert-OH is 1. The summed E-state index contributed by atoms with van der Waals surface area (Å²) >= 11 is 0. The highest BCUT2D eigenvalue weighted by molar-refractivity contribution is 5.55. The standard InChI is InChI=1S/C17H26FNO/c1-4-13-5-8-15(9-6-13)19(3)17-10-7-14(18)11-16(17)12(2)20/h7,10-13,15,20H,4-6,8-9H2,1-3H3/t12-,13?,15?/m0/s1. The second kappa shape index (κ2) is 6.57. The highest BCUT2D eigenvalue weighted by atomic mass is 19.1. The van der Waals surface area contributed by atoms with Crippen molar-refractivity contribution in [2.75, 3.05) is 11.9 Å². The van der Waals surface area contributed by atoms with E-state index in [1.54, 1.807) is 13.0 Å². The van der Waals surface area contributed by atoms with E-state index in [1.807, 2.05) is 0 Å². The van der Waals surface area contributed by atoms with Gasteiger partial charge in [0, 0.05) is 24.3 Å². The first-order chi connectivity index (χ1) is 9.52. The van der Waals surface area contributed by atoms with Crippen molar-refractivity contribution in [2.45, 2.75) is 58.1 Å². The number of aliphatic hydroxyl groups is 1. The largest absolute Gasteiger partial charge is 0.389 e. The van der Waals surface area contributed by atoms with Crippen LogP contribution in [0.4, 0.5) is 10.1 Å². The third-order valence-corrected chi connectivity index (χ3v) is 4.76. The molecule has 1 aromatic carbocycles. The molecule has 112 valence electrons. The molecule has 0 spiro atoms. The van der Waals surface area contributed by atoms with Crippen LogP contribution in [0, 0.1) is 11.7 Å². The first-order valence-electron chi connectivity index (χ1n) is 7.73. The molecule has 1 aromatic rings. The van der Waals surface area contributed by atoms with Gasteiger partial charge in [-0.25, -0.2) is 4.39 Å². The van der Waals surface area contributed by atoms with Crippen molar-refractivity contribution in [1.29, 1.82) is 0 Å². The van der Waals surface area contributed by atoms with Gasteiger partial charge in [-0.3, -0.25) is 0 Å². The molecular formula is C17H26FNO. The molecular weight excluding hydrogens is 253 g/mol. The lowest BCUT2D eigenvalue weighted by Crippen LogP contribution is -2.35. The monoisotopic (exact) mass is 279 g/mol. The Labute approximate surface area is 121 Å². The Hall–Kier alpha value is -1.09. The second-order valence-electron chi connectivity index (χ2n) is 6.07. The predicted octanol–water partition coefficient (Wildman–Crippen LogP) is 4.28. The Bertz CT molecular complexity index is 439. The van der Waals surface area contributed by atoms with Gasteiger partial charge < -0.3 is 10.0 Å². The zero-order chi connectivity index (χ0) is 14.7. The lowest BCUT2D eigenvalue weighted by molar-refractivity contribution is 0.199. The summed E-state index contributed by atoms with van der Waals surface area (Å²) in [4.78, 5) is 2.23. The molecule has 0 aliphatic heterocycles. The van der Waals surface area contributed by atoms with Crippen molar-refractivity contribution < 1.29 is 9.50 Å². The molecule has 0 bridgehead atoms. The molecule has 3 heteroatoms. The zero-order valence-corrected chi connectivity index (χ0v) is 12.8. The molecule has 0 aromatic heterocycles. The van der Waals surface area contributed by atoms with E-state index in [4.69, 9.17) is 0 Å². The van der Waals surface area contributed by atoms with Crippen LogP contribution in [0.3, 0.4) is 0 Å². The van der Waals surface area contributed by atoms with Gasteiger partial charge in [-0.1, -0.05) is 13.3 Å². The number of halogens is 1. The zero-order valence-electron chi connectivity index (χ0n) is 12.8. The number of anilines is 1. The quantitative estimate of drug-likeness (QED) is 0.889. The van der Waals surface area contributed by atoms with E-state index >= 15 is 0 Å². The number of rotatable bonds is 4. The summed E-state index contributed by atoms with van der Waals surface area (Å²) in [5.74, 6) is 0.580. The van der Waals surface area contributed by atoms with Crippen LogP contribution in [-0.2, 0) is 0 Å². The van der Waals surface area contributed by atoms with E-state index in [1.165, 1.54) is 44.2 Å². The van der Waals surface area contributed by atoms with Gasteiger partial charge in [-0.2, -0.15) is 0 Å². The van der Waals surface area contributed by atoms with Gasteiger partial charge in [0.2, 0.25) is 0 Å². The van der Waals surface area contributed by atoms with Crippen LogP contribution in [-0.4, -0.2) is 18.2 Å². The van der Waals surface area contributed by atoms with Crippen molar-refractivity contribution in [3.8, 4) is 0 Å². The third-order valence-electron chi connectivity index (χ3n) is 4.76. The molecule has 1 aliphatic carbocycles. The molecule has 1 atom stereocenters. The van der Waals surface area contributed by atoms with E-state index in [2.05, 4.69) is 18.9 Å². The molecule has 0 amide bonds. The Morgan fingerprint density at radius 3 is 2.50 bits per heavy atom. The minimum absolute atomic E-state index is 0.284. The molecule has 0 radical (unpaired) electrons. The van der Waals surface area contributed by atoms with Gasteiger partial charge in [-0.05, 0) is 56.7 Å². The molecule has 1 aliphatic rings. The number of hydrogen-bond acceptors (Lipinski definition) is 2. The minimum Gasteiger partial charge on any atom is -0.389 e. The molecule has 0 saturated heterocycles. The molecule has 2 rings (SSSR count). The number of hydrogen-bond donors (Lipinski definition) is 1. The van der Waals surface area contributed by atoms with Crippen molar-refractivity contribution in [3.63, 3.8) is 0 Å². The summed E-state index contributed by atoms with van der Waals surface area (Å²) in [7, 11) is 2.07. The fourth-order valence-electron chi connectivity index (χ4n) is 3.32. The van der Waals surface area contributed by atoms with Crippen LogP contribution < -0.4 is 4.90 Å². The lowest BCUT2D eigenvalue weighted by Gasteiger charge is -2.37. The maximum absolute atomic E-state index is 13.4. The average Bonchev–Trinajstić information content (AvgIpc) is 2.46.